The zero-order valence-corrected chi connectivity index (χ0v) is 48.5. The minimum Gasteiger partial charge on any atom is -0.330 e. The molecule has 0 radical (unpaired) electrons. The molecular weight excluding hydrogens is 978 g/mol. The normalized spacial score (nSPS) is 18.8. The fourth-order valence-corrected chi connectivity index (χ4v) is 15.7. The molecule has 0 amide bonds. The van der Waals surface area contributed by atoms with Gasteiger partial charge in [0.25, 0.3) is 6.71 Å². The molecule has 5 aliphatic rings. The Balaban J connectivity index is 1.10. The number of hydrogen-bond acceptors (Lipinski definition) is 3. The summed E-state index contributed by atoms with van der Waals surface area (Å²) in [5.74, 6) is 0. The first kappa shape index (κ1) is 49.7. The molecule has 2 atom stereocenters. The molecule has 0 aromatic heterocycles. The van der Waals surface area contributed by atoms with E-state index in [4.69, 9.17) is 0 Å². The van der Waals surface area contributed by atoms with Gasteiger partial charge in [-0.15, -0.1) is 0 Å². The third-order valence-electron chi connectivity index (χ3n) is 19.7. The van der Waals surface area contributed by atoms with E-state index in [0.717, 1.165) is 31.4 Å². The fourth-order valence-electron chi connectivity index (χ4n) is 15.7. The van der Waals surface area contributed by atoms with Crippen LogP contribution in [0.1, 0.15) is 99.4 Å². The summed E-state index contributed by atoms with van der Waals surface area (Å²) in [6.07, 6.45) is 4.21. The summed E-state index contributed by atoms with van der Waals surface area (Å²) < 4.78 is 0. The fraction of sp³-hybridized carbons (Fsp3) is 0.221. The van der Waals surface area contributed by atoms with Crippen LogP contribution in [0.5, 0.6) is 0 Å². The largest absolute Gasteiger partial charge is 0.330 e. The van der Waals surface area contributed by atoms with Crippen molar-refractivity contribution < 1.29 is 0 Å². The summed E-state index contributed by atoms with van der Waals surface area (Å²) in [4.78, 5) is 8.19. The molecule has 3 aliphatic heterocycles. The topological polar surface area (TPSA) is 9.72 Å². The van der Waals surface area contributed by atoms with E-state index in [-0.39, 0.29) is 23.0 Å². The average molecular weight is 1050 g/mol. The Morgan fingerprint density at radius 3 is 1.72 bits per heavy atom. The van der Waals surface area contributed by atoms with Crippen LogP contribution >= 0.6 is 0 Å². The maximum Gasteiger partial charge on any atom is 0.252 e. The van der Waals surface area contributed by atoms with E-state index in [9.17, 15) is 0 Å². The molecule has 3 nitrogen and oxygen atoms in total. The number of benzene rings is 10. The second-order valence-electron chi connectivity index (χ2n) is 26.5. The van der Waals surface area contributed by atoms with Crippen molar-refractivity contribution in [1.29, 1.82) is 0 Å². The van der Waals surface area contributed by atoms with Gasteiger partial charge in [-0.2, -0.15) is 0 Å². The Bertz CT molecular complexity index is 4190. The lowest BCUT2D eigenvalue weighted by atomic mass is 9.33. The standard InChI is InChI=1S/C77H70BN3/c1-49-39-50(2)73-64(40-49)76(8)38-37-55-27-19-20-28-63(55)77(76,9)81(73)61-45-70-72-71(46-61)80(67-36-32-59(74(3,4)5)44-62(67)54-25-17-12-18-26-54)69-43-58-48-75(6,7)47-57(58)42-66(69)78(72)65-41-56(52-23-15-11-16-24-52)31-35-68(65)79(70)60-33-29-53(30-34-60)51-21-13-10-14-22-51/h10-36,39-46H,37-38,47-48H2,1-9H3. The third-order valence-corrected chi connectivity index (χ3v) is 19.7. The Kier molecular flexibility index (Phi) is 10.9. The van der Waals surface area contributed by atoms with E-state index in [1.165, 1.54) is 134 Å². The van der Waals surface area contributed by atoms with Gasteiger partial charge in [0, 0.05) is 50.8 Å². The summed E-state index contributed by atoms with van der Waals surface area (Å²) in [5, 5.41) is 0. The first-order valence-corrected chi connectivity index (χ1v) is 29.6. The Morgan fingerprint density at radius 2 is 1.02 bits per heavy atom. The van der Waals surface area contributed by atoms with Gasteiger partial charge in [-0.05, 0) is 189 Å². The van der Waals surface area contributed by atoms with Gasteiger partial charge in [0.15, 0.2) is 0 Å². The van der Waals surface area contributed by atoms with Gasteiger partial charge in [-0.1, -0.05) is 211 Å². The zero-order chi connectivity index (χ0) is 55.3. The van der Waals surface area contributed by atoms with E-state index < -0.39 is 5.54 Å². The summed E-state index contributed by atoms with van der Waals surface area (Å²) in [7, 11) is 0. The van der Waals surface area contributed by atoms with Crippen LogP contribution in [0.25, 0.3) is 33.4 Å². The summed E-state index contributed by atoms with van der Waals surface area (Å²) in [6, 6.07) is 82.0. The first-order valence-electron chi connectivity index (χ1n) is 29.6. The molecule has 10 aromatic rings. The van der Waals surface area contributed by atoms with Gasteiger partial charge in [-0.3, -0.25) is 0 Å². The molecule has 2 unspecified atom stereocenters. The van der Waals surface area contributed by atoms with Crippen molar-refractivity contribution in [3.8, 4) is 33.4 Å². The number of anilines is 8. The molecule has 4 heteroatoms. The van der Waals surface area contributed by atoms with Gasteiger partial charge in [0.1, 0.15) is 0 Å². The minimum absolute atomic E-state index is 0.0626. The molecule has 10 aromatic carbocycles. The van der Waals surface area contributed by atoms with Crippen molar-refractivity contribution >= 4 is 68.6 Å². The molecule has 0 spiro atoms. The van der Waals surface area contributed by atoms with Crippen LogP contribution in [0.4, 0.5) is 45.5 Å². The summed E-state index contributed by atoms with van der Waals surface area (Å²) >= 11 is 0. The zero-order valence-electron chi connectivity index (χ0n) is 48.5. The Hall–Kier alpha value is -8.34. The highest BCUT2D eigenvalue weighted by Gasteiger charge is 2.61. The molecule has 0 N–H and O–H groups in total. The highest BCUT2D eigenvalue weighted by atomic mass is 15.3. The van der Waals surface area contributed by atoms with Crippen LogP contribution in [0.2, 0.25) is 0 Å². The molecule has 3 heterocycles. The van der Waals surface area contributed by atoms with Gasteiger partial charge in [-0.25, -0.2) is 0 Å². The third kappa shape index (κ3) is 7.48. The molecule has 396 valence electrons. The molecule has 0 fully saturated rings. The molecule has 81 heavy (non-hydrogen) atoms. The lowest BCUT2D eigenvalue weighted by Crippen LogP contribution is -2.61. The van der Waals surface area contributed by atoms with E-state index in [2.05, 4.69) is 289 Å². The van der Waals surface area contributed by atoms with Crippen LogP contribution in [-0.2, 0) is 35.6 Å². The predicted molar refractivity (Wildman–Crippen MR) is 344 cm³/mol. The molecule has 0 saturated heterocycles. The number of rotatable bonds is 6. The molecule has 2 aliphatic carbocycles. The maximum atomic E-state index is 2.82. The van der Waals surface area contributed by atoms with Gasteiger partial charge >= 0.3 is 0 Å². The number of aryl methyl sites for hydroxylation is 3. The first-order chi connectivity index (χ1) is 39.1. The lowest BCUT2D eigenvalue weighted by Gasteiger charge is -2.52. The van der Waals surface area contributed by atoms with Crippen LogP contribution in [0.3, 0.4) is 0 Å². The summed E-state index contributed by atoms with van der Waals surface area (Å²) in [5.41, 5.74) is 31.9. The van der Waals surface area contributed by atoms with Crippen molar-refractivity contribution in [2.75, 3.05) is 14.7 Å². The van der Waals surface area contributed by atoms with Crippen molar-refractivity contribution in [2.24, 2.45) is 5.41 Å². The second kappa shape index (κ2) is 17.8. The lowest BCUT2D eigenvalue weighted by molar-refractivity contribution is 0.245. The van der Waals surface area contributed by atoms with Crippen LogP contribution in [0, 0.1) is 19.3 Å². The van der Waals surface area contributed by atoms with E-state index >= 15 is 0 Å². The highest BCUT2D eigenvalue weighted by Crippen LogP contribution is 2.65. The molecule has 0 bridgehead atoms. The molecular formula is C77H70BN3. The average Bonchev–Trinajstić information content (AvgIpc) is 2.45. The van der Waals surface area contributed by atoms with Gasteiger partial charge < -0.3 is 14.7 Å². The van der Waals surface area contributed by atoms with Crippen molar-refractivity contribution in [3.63, 3.8) is 0 Å². The monoisotopic (exact) mass is 1050 g/mol. The maximum absolute atomic E-state index is 2.82. The highest BCUT2D eigenvalue weighted by molar-refractivity contribution is 7.00. The van der Waals surface area contributed by atoms with Crippen LogP contribution < -0.4 is 31.1 Å². The van der Waals surface area contributed by atoms with Gasteiger partial charge in [0.05, 0.1) is 11.2 Å². The van der Waals surface area contributed by atoms with Crippen molar-refractivity contribution in [3.05, 3.63) is 257 Å². The van der Waals surface area contributed by atoms with Crippen LogP contribution in [0.15, 0.2) is 212 Å². The molecule has 15 rings (SSSR count). The van der Waals surface area contributed by atoms with Crippen molar-refractivity contribution in [1.82, 2.24) is 0 Å². The molecule has 0 saturated carbocycles. The van der Waals surface area contributed by atoms with Crippen molar-refractivity contribution in [2.45, 2.75) is 104 Å². The second-order valence-corrected chi connectivity index (χ2v) is 26.5. The van der Waals surface area contributed by atoms with E-state index in [1.54, 1.807) is 0 Å². The SMILES string of the molecule is Cc1cc(C)c2c(c1)C1(C)CCc3ccccc3C1(C)N2c1cc2c3c(c1)N(c1ccc(C(C)(C)C)cc1-c1ccccc1)c1cc4c(cc1B3c1cc(-c3ccccc3)ccc1N2c1ccc(-c2ccccc2)cc1)CC(C)(C)C4. The summed E-state index contributed by atoms with van der Waals surface area (Å²) in [6.45, 7) is 21.7. The number of hydrogen-bond donors (Lipinski definition) is 0. The van der Waals surface area contributed by atoms with Crippen LogP contribution in [-0.4, -0.2) is 6.71 Å². The quantitative estimate of drug-likeness (QED) is 0.154. The van der Waals surface area contributed by atoms with E-state index in [1.807, 2.05) is 0 Å². The smallest absolute Gasteiger partial charge is 0.252 e. The minimum atomic E-state index is -0.421. The predicted octanol–water partition coefficient (Wildman–Crippen LogP) is 18.1. The number of nitrogens with zero attached hydrogens (tertiary/aromatic N) is 3. The number of fused-ring (bicyclic) bond motifs is 10. The van der Waals surface area contributed by atoms with Gasteiger partial charge in [0.2, 0.25) is 0 Å². The van der Waals surface area contributed by atoms with E-state index in [0.29, 0.717) is 0 Å². The Morgan fingerprint density at radius 1 is 0.444 bits per heavy atom. The Labute approximate surface area is 480 Å².